The van der Waals surface area contributed by atoms with Crippen molar-refractivity contribution in [3.8, 4) is 5.75 Å². The number of Topliss-reactive ketones (excluding diaryl/α,β-unsaturated/α-hetero) is 1. The largest absolute Gasteiger partial charge is 0.496 e. The Bertz CT molecular complexity index is 429. The number of piperidine rings is 1. The highest BCUT2D eigenvalue weighted by Gasteiger charge is 2.27. The Hall–Kier alpha value is -1.35. The van der Waals surface area contributed by atoms with E-state index in [9.17, 15) is 4.79 Å². The molecule has 0 aromatic heterocycles. The third kappa shape index (κ3) is 3.35. The standard InChI is InChI=1S/C16H23NO2/c1-3-10-17-11-6-7-13(12-17)16(18)14-8-4-5-9-15(14)19-2/h4-5,8-9,13H,3,6-7,10-12H2,1-2H3. The summed E-state index contributed by atoms with van der Waals surface area (Å²) in [5.41, 5.74) is 0.730. The maximum Gasteiger partial charge on any atom is 0.170 e. The average Bonchev–Trinajstić information content (AvgIpc) is 2.47. The maximum atomic E-state index is 12.6. The number of methoxy groups -OCH3 is 1. The van der Waals surface area contributed by atoms with Crippen molar-refractivity contribution in [2.24, 2.45) is 5.92 Å². The van der Waals surface area contributed by atoms with E-state index in [4.69, 9.17) is 4.74 Å². The molecule has 1 unspecified atom stereocenters. The first kappa shape index (κ1) is 14.1. The SMILES string of the molecule is CCCN1CCCC(C(=O)c2ccccc2OC)C1. The zero-order valence-electron chi connectivity index (χ0n) is 11.9. The summed E-state index contributed by atoms with van der Waals surface area (Å²) < 4.78 is 5.30. The molecule has 0 spiro atoms. The van der Waals surface area contributed by atoms with Gasteiger partial charge in [-0.05, 0) is 44.5 Å². The predicted octanol–water partition coefficient (Wildman–Crippen LogP) is 3.00. The summed E-state index contributed by atoms with van der Waals surface area (Å²) >= 11 is 0. The Kier molecular flexibility index (Phi) is 4.97. The minimum absolute atomic E-state index is 0.122. The molecule has 104 valence electrons. The lowest BCUT2D eigenvalue weighted by Crippen LogP contribution is -2.39. The molecule has 1 fully saturated rings. The van der Waals surface area contributed by atoms with E-state index in [1.165, 1.54) is 0 Å². The van der Waals surface area contributed by atoms with Gasteiger partial charge in [-0.25, -0.2) is 0 Å². The Labute approximate surface area is 115 Å². The lowest BCUT2D eigenvalue weighted by atomic mass is 9.89. The number of ether oxygens (including phenoxy) is 1. The first-order valence-electron chi connectivity index (χ1n) is 7.15. The third-order valence-electron chi connectivity index (χ3n) is 3.79. The van der Waals surface area contributed by atoms with Crippen LogP contribution in [0.5, 0.6) is 5.75 Å². The van der Waals surface area contributed by atoms with Gasteiger partial charge in [-0.3, -0.25) is 4.79 Å². The zero-order valence-corrected chi connectivity index (χ0v) is 11.9. The second-order valence-corrected chi connectivity index (χ2v) is 5.20. The molecule has 1 aromatic carbocycles. The van der Waals surface area contributed by atoms with Crippen LogP contribution in [0.25, 0.3) is 0 Å². The van der Waals surface area contributed by atoms with Crippen molar-refractivity contribution in [3.63, 3.8) is 0 Å². The third-order valence-corrected chi connectivity index (χ3v) is 3.79. The summed E-state index contributed by atoms with van der Waals surface area (Å²) in [6.45, 7) is 5.30. The summed E-state index contributed by atoms with van der Waals surface area (Å²) in [6.07, 6.45) is 3.26. The Morgan fingerprint density at radius 3 is 2.95 bits per heavy atom. The van der Waals surface area contributed by atoms with Gasteiger partial charge in [0.05, 0.1) is 12.7 Å². The van der Waals surface area contributed by atoms with Crippen molar-refractivity contribution < 1.29 is 9.53 Å². The molecule has 0 bridgehead atoms. The van der Waals surface area contributed by atoms with Crippen molar-refractivity contribution in [2.75, 3.05) is 26.7 Å². The second kappa shape index (κ2) is 6.71. The van der Waals surface area contributed by atoms with Gasteiger partial charge in [0.1, 0.15) is 5.75 Å². The molecule has 1 atom stereocenters. The molecule has 3 heteroatoms. The predicted molar refractivity (Wildman–Crippen MR) is 76.8 cm³/mol. The number of nitrogens with zero attached hydrogens (tertiary/aromatic N) is 1. The van der Waals surface area contributed by atoms with E-state index >= 15 is 0 Å². The van der Waals surface area contributed by atoms with Crippen molar-refractivity contribution >= 4 is 5.78 Å². The van der Waals surface area contributed by atoms with Crippen molar-refractivity contribution in [1.29, 1.82) is 0 Å². The van der Waals surface area contributed by atoms with Crippen molar-refractivity contribution in [1.82, 2.24) is 4.90 Å². The molecule has 1 heterocycles. The van der Waals surface area contributed by atoms with Crippen LogP contribution in [0, 0.1) is 5.92 Å². The number of hydrogen-bond donors (Lipinski definition) is 0. The van der Waals surface area contributed by atoms with Gasteiger partial charge in [0, 0.05) is 12.5 Å². The number of carbonyl (C=O) groups excluding carboxylic acids is 1. The van der Waals surface area contributed by atoms with Crippen LogP contribution < -0.4 is 4.74 Å². The number of rotatable bonds is 5. The van der Waals surface area contributed by atoms with E-state index in [2.05, 4.69) is 11.8 Å². The first-order valence-corrected chi connectivity index (χ1v) is 7.15. The maximum absolute atomic E-state index is 12.6. The average molecular weight is 261 g/mol. The van der Waals surface area contributed by atoms with Gasteiger partial charge in [-0.15, -0.1) is 0 Å². The molecule has 0 radical (unpaired) electrons. The van der Waals surface area contributed by atoms with Crippen LogP contribution in [0.3, 0.4) is 0 Å². The number of likely N-dealkylation sites (tertiary alicyclic amines) is 1. The van der Waals surface area contributed by atoms with Gasteiger partial charge >= 0.3 is 0 Å². The smallest absolute Gasteiger partial charge is 0.170 e. The lowest BCUT2D eigenvalue weighted by Gasteiger charge is -2.31. The number of benzene rings is 1. The highest BCUT2D eigenvalue weighted by atomic mass is 16.5. The summed E-state index contributed by atoms with van der Waals surface area (Å²) in [5.74, 6) is 1.05. The molecule has 2 rings (SSSR count). The molecule has 1 aliphatic heterocycles. The van der Waals surface area contributed by atoms with Gasteiger partial charge in [0.15, 0.2) is 5.78 Å². The van der Waals surface area contributed by atoms with Crippen LogP contribution >= 0.6 is 0 Å². The molecule has 3 nitrogen and oxygen atoms in total. The molecule has 0 N–H and O–H groups in total. The van der Waals surface area contributed by atoms with E-state index in [0.717, 1.165) is 44.5 Å². The topological polar surface area (TPSA) is 29.5 Å². The van der Waals surface area contributed by atoms with Gasteiger partial charge in [0.2, 0.25) is 0 Å². The molecule has 0 aliphatic carbocycles. The molecule has 1 saturated heterocycles. The molecule has 0 amide bonds. The Morgan fingerprint density at radius 2 is 2.21 bits per heavy atom. The van der Waals surface area contributed by atoms with Crippen molar-refractivity contribution in [3.05, 3.63) is 29.8 Å². The molecular weight excluding hydrogens is 238 g/mol. The van der Waals surface area contributed by atoms with Crippen molar-refractivity contribution in [2.45, 2.75) is 26.2 Å². The normalized spacial score (nSPS) is 20.2. The number of carbonyl (C=O) groups is 1. The van der Waals surface area contributed by atoms with Crippen LogP contribution in [-0.4, -0.2) is 37.4 Å². The van der Waals surface area contributed by atoms with Crippen LogP contribution in [-0.2, 0) is 0 Å². The molecule has 0 saturated carbocycles. The van der Waals surface area contributed by atoms with Crippen LogP contribution in [0.1, 0.15) is 36.5 Å². The second-order valence-electron chi connectivity index (χ2n) is 5.20. The Balaban J connectivity index is 2.10. The summed E-state index contributed by atoms with van der Waals surface area (Å²) in [5, 5.41) is 0. The fourth-order valence-electron chi connectivity index (χ4n) is 2.86. The van der Waals surface area contributed by atoms with Gasteiger partial charge in [0.25, 0.3) is 0 Å². The fraction of sp³-hybridized carbons (Fsp3) is 0.562. The van der Waals surface area contributed by atoms with E-state index in [-0.39, 0.29) is 11.7 Å². The van der Waals surface area contributed by atoms with Gasteiger partial charge < -0.3 is 9.64 Å². The van der Waals surface area contributed by atoms with Gasteiger partial charge in [-0.2, -0.15) is 0 Å². The summed E-state index contributed by atoms with van der Waals surface area (Å²) in [6, 6.07) is 7.54. The molecule has 1 aromatic rings. The first-order chi connectivity index (χ1) is 9.26. The number of para-hydroxylation sites is 1. The molecular formula is C16H23NO2. The van der Waals surface area contributed by atoms with Crippen LogP contribution in [0.4, 0.5) is 0 Å². The zero-order chi connectivity index (χ0) is 13.7. The van der Waals surface area contributed by atoms with E-state index in [1.807, 2.05) is 24.3 Å². The quantitative estimate of drug-likeness (QED) is 0.763. The minimum Gasteiger partial charge on any atom is -0.496 e. The van der Waals surface area contributed by atoms with E-state index in [1.54, 1.807) is 7.11 Å². The van der Waals surface area contributed by atoms with Gasteiger partial charge in [-0.1, -0.05) is 19.1 Å². The number of ketones is 1. The summed E-state index contributed by atoms with van der Waals surface area (Å²) in [4.78, 5) is 15.0. The number of hydrogen-bond acceptors (Lipinski definition) is 3. The highest BCUT2D eigenvalue weighted by molar-refractivity contribution is 6.00. The fourth-order valence-corrected chi connectivity index (χ4v) is 2.86. The Morgan fingerprint density at radius 1 is 1.42 bits per heavy atom. The van der Waals surface area contributed by atoms with Crippen LogP contribution in [0.2, 0.25) is 0 Å². The highest BCUT2D eigenvalue weighted by Crippen LogP contribution is 2.26. The molecule has 1 aliphatic rings. The van der Waals surface area contributed by atoms with E-state index in [0.29, 0.717) is 5.75 Å². The lowest BCUT2D eigenvalue weighted by molar-refractivity contribution is 0.0817. The molecule has 19 heavy (non-hydrogen) atoms. The minimum atomic E-state index is 0.122. The van der Waals surface area contributed by atoms with E-state index < -0.39 is 0 Å². The monoisotopic (exact) mass is 261 g/mol. The summed E-state index contributed by atoms with van der Waals surface area (Å²) in [7, 11) is 1.62. The van der Waals surface area contributed by atoms with Crippen LogP contribution in [0.15, 0.2) is 24.3 Å².